The Kier molecular flexibility index (Phi) is 3.74. The van der Waals surface area contributed by atoms with Crippen LogP contribution in [-0.2, 0) is 0 Å². The molecule has 0 saturated heterocycles. The van der Waals surface area contributed by atoms with Gasteiger partial charge in [-0.3, -0.25) is 4.79 Å². The van der Waals surface area contributed by atoms with Crippen LogP contribution < -0.4 is 5.32 Å². The Morgan fingerprint density at radius 3 is 2.71 bits per heavy atom. The van der Waals surface area contributed by atoms with Gasteiger partial charge in [0.15, 0.2) is 0 Å². The second-order valence-corrected chi connectivity index (χ2v) is 4.68. The lowest BCUT2D eigenvalue weighted by Crippen LogP contribution is -2.33. The van der Waals surface area contributed by atoms with Crippen molar-refractivity contribution in [1.29, 1.82) is 5.26 Å². The molecule has 1 aromatic rings. The quantitative estimate of drug-likeness (QED) is 0.836. The number of phenolic OH excluding ortho intramolecular Hbond substituents is 1. The van der Waals surface area contributed by atoms with Crippen LogP contribution in [0.5, 0.6) is 5.75 Å². The molecule has 1 amide bonds. The molecule has 0 aliphatic heterocycles. The summed E-state index contributed by atoms with van der Waals surface area (Å²) in [6.07, 6.45) is 0. The average molecular weight is 232 g/mol. The van der Waals surface area contributed by atoms with Gasteiger partial charge in [-0.05, 0) is 44.5 Å². The van der Waals surface area contributed by atoms with Crippen molar-refractivity contribution in [2.75, 3.05) is 6.54 Å². The van der Waals surface area contributed by atoms with E-state index in [9.17, 15) is 9.90 Å². The Balaban J connectivity index is 2.72. The molecule has 0 spiro atoms. The maximum Gasteiger partial charge on any atom is 0.251 e. The monoisotopic (exact) mass is 232 g/mol. The molecule has 1 aromatic carbocycles. The maximum absolute atomic E-state index is 11.8. The number of benzene rings is 1. The number of hydrogen-bond donors (Lipinski definition) is 2. The number of nitrogens with one attached hydrogen (secondary N) is 1. The molecule has 0 aliphatic carbocycles. The van der Waals surface area contributed by atoms with Crippen molar-refractivity contribution in [3.63, 3.8) is 0 Å². The third kappa shape index (κ3) is 3.49. The number of carbonyl (C=O) groups excluding carboxylic acids is 1. The van der Waals surface area contributed by atoms with E-state index in [2.05, 4.69) is 11.4 Å². The number of hydrogen-bond acceptors (Lipinski definition) is 3. The first-order valence-electron chi connectivity index (χ1n) is 5.35. The summed E-state index contributed by atoms with van der Waals surface area (Å²) in [5.74, 6) is -0.0738. The molecular formula is C13H16N2O2. The minimum atomic E-state index is -0.582. The SMILES string of the molecule is Cc1cc(C(=O)NCC(C)(C)C#N)ccc1O. The first kappa shape index (κ1) is 13.0. The number of aromatic hydroxyl groups is 1. The highest BCUT2D eigenvalue weighted by molar-refractivity contribution is 5.94. The van der Waals surface area contributed by atoms with Crippen molar-refractivity contribution in [3.8, 4) is 11.8 Å². The van der Waals surface area contributed by atoms with Gasteiger partial charge >= 0.3 is 0 Å². The Labute approximate surface area is 101 Å². The molecular weight excluding hydrogens is 216 g/mol. The highest BCUT2D eigenvalue weighted by Gasteiger charge is 2.18. The zero-order valence-electron chi connectivity index (χ0n) is 10.2. The lowest BCUT2D eigenvalue weighted by Gasteiger charge is -2.15. The second kappa shape index (κ2) is 4.88. The Hall–Kier alpha value is -2.02. The summed E-state index contributed by atoms with van der Waals surface area (Å²) in [5.41, 5.74) is 0.549. The third-order valence-corrected chi connectivity index (χ3v) is 2.45. The molecule has 0 aliphatic rings. The highest BCUT2D eigenvalue weighted by atomic mass is 16.3. The lowest BCUT2D eigenvalue weighted by molar-refractivity contribution is 0.0943. The third-order valence-electron chi connectivity index (χ3n) is 2.45. The number of nitrogens with zero attached hydrogens (tertiary/aromatic N) is 1. The molecule has 90 valence electrons. The summed E-state index contributed by atoms with van der Waals surface area (Å²) in [6.45, 7) is 5.54. The minimum absolute atomic E-state index is 0.166. The number of phenols is 1. The van der Waals surface area contributed by atoms with Gasteiger partial charge in [-0.15, -0.1) is 0 Å². The van der Waals surface area contributed by atoms with Crippen molar-refractivity contribution in [2.24, 2.45) is 5.41 Å². The molecule has 0 atom stereocenters. The van der Waals surface area contributed by atoms with E-state index >= 15 is 0 Å². The fourth-order valence-corrected chi connectivity index (χ4v) is 1.24. The van der Waals surface area contributed by atoms with Crippen LogP contribution in [0.15, 0.2) is 18.2 Å². The topological polar surface area (TPSA) is 73.1 Å². The normalized spacial score (nSPS) is 10.7. The van der Waals surface area contributed by atoms with E-state index in [1.54, 1.807) is 32.9 Å². The van der Waals surface area contributed by atoms with Gasteiger partial charge in [-0.2, -0.15) is 5.26 Å². The summed E-state index contributed by atoms with van der Waals surface area (Å²) in [7, 11) is 0. The molecule has 4 nitrogen and oxygen atoms in total. The Morgan fingerprint density at radius 2 is 2.18 bits per heavy atom. The number of aryl methyl sites for hydroxylation is 1. The summed E-state index contributed by atoms with van der Waals surface area (Å²) in [4.78, 5) is 11.8. The molecule has 0 heterocycles. The largest absolute Gasteiger partial charge is 0.508 e. The molecule has 0 fully saturated rings. The molecule has 17 heavy (non-hydrogen) atoms. The number of rotatable bonds is 3. The molecule has 0 radical (unpaired) electrons. The fourth-order valence-electron chi connectivity index (χ4n) is 1.24. The maximum atomic E-state index is 11.8. The van der Waals surface area contributed by atoms with E-state index < -0.39 is 5.41 Å². The molecule has 4 heteroatoms. The predicted octanol–water partition coefficient (Wildman–Crippen LogP) is 1.98. The summed E-state index contributed by atoms with van der Waals surface area (Å²) in [6, 6.07) is 6.77. The van der Waals surface area contributed by atoms with Crippen molar-refractivity contribution in [2.45, 2.75) is 20.8 Å². The standard InChI is InChI=1S/C13H16N2O2/c1-9-6-10(4-5-11(9)16)12(17)15-8-13(2,3)7-14/h4-6,16H,8H2,1-3H3,(H,15,17). The number of amides is 1. The lowest BCUT2D eigenvalue weighted by atomic mass is 9.96. The molecule has 2 N–H and O–H groups in total. The first-order valence-corrected chi connectivity index (χ1v) is 5.35. The number of carbonyl (C=O) groups is 1. The molecule has 0 saturated carbocycles. The van der Waals surface area contributed by atoms with E-state index in [0.717, 1.165) is 0 Å². The van der Waals surface area contributed by atoms with Gasteiger partial charge in [0.25, 0.3) is 5.91 Å². The van der Waals surface area contributed by atoms with Gasteiger partial charge in [0, 0.05) is 12.1 Å². The Bertz CT molecular complexity index is 473. The van der Waals surface area contributed by atoms with E-state index in [1.165, 1.54) is 6.07 Å². The Morgan fingerprint density at radius 1 is 1.53 bits per heavy atom. The van der Waals surface area contributed by atoms with Crippen LogP contribution in [0.3, 0.4) is 0 Å². The molecule has 1 rings (SSSR count). The van der Waals surface area contributed by atoms with Gasteiger partial charge in [0.1, 0.15) is 5.75 Å². The summed E-state index contributed by atoms with van der Waals surface area (Å²) in [5, 5.41) is 20.9. The van der Waals surface area contributed by atoms with Crippen LogP contribution in [0, 0.1) is 23.7 Å². The number of nitriles is 1. The van der Waals surface area contributed by atoms with Crippen LogP contribution in [0.25, 0.3) is 0 Å². The highest BCUT2D eigenvalue weighted by Crippen LogP contribution is 2.17. The minimum Gasteiger partial charge on any atom is -0.508 e. The van der Waals surface area contributed by atoms with Crippen LogP contribution >= 0.6 is 0 Å². The van der Waals surface area contributed by atoms with Gasteiger partial charge in [0.05, 0.1) is 11.5 Å². The van der Waals surface area contributed by atoms with Crippen LogP contribution in [0.4, 0.5) is 0 Å². The van der Waals surface area contributed by atoms with Crippen molar-refractivity contribution in [1.82, 2.24) is 5.32 Å². The molecule has 0 bridgehead atoms. The fraction of sp³-hybridized carbons (Fsp3) is 0.385. The predicted molar refractivity (Wildman–Crippen MR) is 64.6 cm³/mol. The zero-order chi connectivity index (χ0) is 13.1. The average Bonchev–Trinajstić information content (AvgIpc) is 2.30. The van der Waals surface area contributed by atoms with Crippen LogP contribution in [0.1, 0.15) is 29.8 Å². The van der Waals surface area contributed by atoms with Crippen molar-refractivity contribution in [3.05, 3.63) is 29.3 Å². The van der Waals surface area contributed by atoms with E-state index in [1.807, 2.05) is 0 Å². The summed E-state index contributed by atoms with van der Waals surface area (Å²) >= 11 is 0. The van der Waals surface area contributed by atoms with E-state index in [0.29, 0.717) is 17.7 Å². The first-order chi connectivity index (χ1) is 7.85. The molecule has 0 aromatic heterocycles. The molecule has 0 unspecified atom stereocenters. The van der Waals surface area contributed by atoms with Crippen molar-refractivity contribution < 1.29 is 9.90 Å². The van der Waals surface area contributed by atoms with E-state index in [4.69, 9.17) is 5.26 Å². The van der Waals surface area contributed by atoms with Gasteiger partial charge in [0.2, 0.25) is 0 Å². The second-order valence-electron chi connectivity index (χ2n) is 4.68. The van der Waals surface area contributed by atoms with Gasteiger partial charge < -0.3 is 10.4 Å². The van der Waals surface area contributed by atoms with Crippen molar-refractivity contribution >= 4 is 5.91 Å². The van der Waals surface area contributed by atoms with Gasteiger partial charge in [-0.1, -0.05) is 0 Å². The summed E-state index contributed by atoms with van der Waals surface area (Å²) < 4.78 is 0. The zero-order valence-corrected chi connectivity index (χ0v) is 10.2. The van der Waals surface area contributed by atoms with Gasteiger partial charge in [-0.25, -0.2) is 0 Å². The van der Waals surface area contributed by atoms with Crippen LogP contribution in [0.2, 0.25) is 0 Å². The van der Waals surface area contributed by atoms with E-state index in [-0.39, 0.29) is 11.7 Å². The van der Waals surface area contributed by atoms with Crippen LogP contribution in [-0.4, -0.2) is 17.6 Å². The smallest absolute Gasteiger partial charge is 0.251 e.